The van der Waals surface area contributed by atoms with Gasteiger partial charge in [0.2, 0.25) is 5.78 Å². The summed E-state index contributed by atoms with van der Waals surface area (Å²) in [7, 11) is 1.53. The monoisotopic (exact) mass is 492 g/mol. The van der Waals surface area contributed by atoms with Crippen molar-refractivity contribution >= 4 is 29.1 Å². The third kappa shape index (κ3) is 2.83. The first-order valence-corrected chi connectivity index (χ1v) is 11.1. The Morgan fingerprint density at radius 3 is 2.41 bits per heavy atom. The minimum Gasteiger partial charge on any atom is -0.510 e. The second-order valence-corrected chi connectivity index (χ2v) is 9.43. The van der Waals surface area contributed by atoms with Crippen molar-refractivity contribution < 1.29 is 39.9 Å². The van der Waals surface area contributed by atoms with Crippen molar-refractivity contribution in [2.75, 3.05) is 13.6 Å². The summed E-state index contributed by atoms with van der Waals surface area (Å²) in [5, 5.41) is 55.6. The van der Waals surface area contributed by atoms with Crippen LogP contribution in [0.25, 0.3) is 0 Å². The van der Waals surface area contributed by atoms with Crippen molar-refractivity contribution in [1.29, 1.82) is 0 Å². The summed E-state index contributed by atoms with van der Waals surface area (Å²) in [5.74, 6) is -9.32. The van der Waals surface area contributed by atoms with Gasteiger partial charge in [-0.3, -0.25) is 19.3 Å². The molecule has 3 aliphatic carbocycles. The molecule has 0 saturated carbocycles. The Bertz CT molecular complexity index is 1210. The van der Waals surface area contributed by atoms with Crippen LogP contribution in [0.1, 0.15) is 35.7 Å². The zero-order valence-corrected chi connectivity index (χ0v) is 19.4. The molecule has 10 nitrogen and oxygen atoms in total. The molecule has 0 bridgehead atoms. The number of amides is 1. The Morgan fingerprint density at radius 2 is 1.85 bits per heavy atom. The Morgan fingerprint density at radius 1 is 1.24 bits per heavy atom. The van der Waals surface area contributed by atoms with E-state index >= 15 is 0 Å². The first kappa shape index (κ1) is 24.2. The first-order chi connectivity index (χ1) is 15.8. The number of nitrogens with zero attached hydrogens (tertiary/aromatic N) is 1. The Labute approximate surface area is 199 Å². The van der Waals surface area contributed by atoms with Gasteiger partial charge in [0.15, 0.2) is 11.4 Å². The predicted octanol–water partition coefficient (Wildman–Crippen LogP) is 0.696. The summed E-state index contributed by atoms with van der Waals surface area (Å²) in [6.45, 7) is 3.62. The number of aromatic hydroxyl groups is 1. The molecule has 11 heteroatoms. The van der Waals surface area contributed by atoms with E-state index < -0.39 is 81.4 Å². The highest BCUT2D eigenvalue weighted by atomic mass is 35.5. The molecule has 6 atom stereocenters. The first-order valence-electron chi connectivity index (χ1n) is 10.7. The fraction of sp³-hybridized carbons (Fsp3) is 0.435. The lowest BCUT2D eigenvalue weighted by atomic mass is 9.55. The second kappa shape index (κ2) is 7.81. The van der Waals surface area contributed by atoms with Crippen LogP contribution in [-0.2, 0) is 9.59 Å². The van der Waals surface area contributed by atoms with E-state index in [9.17, 15) is 39.9 Å². The number of aliphatic hydroxyl groups is 4. The third-order valence-corrected chi connectivity index (χ3v) is 7.80. The number of hydrogen-bond donors (Lipinski definition) is 6. The van der Waals surface area contributed by atoms with Crippen molar-refractivity contribution in [3.8, 4) is 5.75 Å². The molecule has 0 fully saturated rings. The number of carbonyl (C=O) groups is 3. The molecular formula is C23H25ClN2O8. The van der Waals surface area contributed by atoms with Gasteiger partial charge in [-0.05, 0) is 31.1 Å². The summed E-state index contributed by atoms with van der Waals surface area (Å²) < 4.78 is 0. The highest BCUT2D eigenvalue weighted by molar-refractivity contribution is 6.33. The maximum atomic E-state index is 13.5. The quantitative estimate of drug-likeness (QED) is 0.331. The van der Waals surface area contributed by atoms with Crippen LogP contribution < -0.4 is 5.73 Å². The van der Waals surface area contributed by atoms with Crippen LogP contribution in [0.15, 0.2) is 34.8 Å². The molecule has 0 spiro atoms. The van der Waals surface area contributed by atoms with Gasteiger partial charge in [-0.2, -0.15) is 0 Å². The van der Waals surface area contributed by atoms with Crippen LogP contribution in [0, 0.1) is 11.8 Å². The van der Waals surface area contributed by atoms with Gasteiger partial charge in [-0.15, -0.1) is 0 Å². The third-order valence-electron chi connectivity index (χ3n) is 7.50. The summed E-state index contributed by atoms with van der Waals surface area (Å²) in [5.41, 5.74) is 1.12. The van der Waals surface area contributed by atoms with Crippen molar-refractivity contribution in [3.05, 3.63) is 50.9 Å². The lowest BCUT2D eigenvalue weighted by molar-refractivity contribution is -0.162. The average molecular weight is 493 g/mol. The van der Waals surface area contributed by atoms with Gasteiger partial charge in [0.25, 0.3) is 5.91 Å². The van der Waals surface area contributed by atoms with Crippen LogP contribution in [0.5, 0.6) is 5.75 Å². The molecule has 3 aliphatic rings. The lowest BCUT2D eigenvalue weighted by Gasteiger charge is -2.53. The van der Waals surface area contributed by atoms with Crippen molar-refractivity contribution in [3.63, 3.8) is 0 Å². The molecule has 0 heterocycles. The zero-order chi connectivity index (χ0) is 25.4. The van der Waals surface area contributed by atoms with E-state index in [2.05, 4.69) is 0 Å². The number of ketones is 2. The SMILES string of the molecule is CCN(C)[C@@H]1C(O)=C(C(N)=O)C(=O)[C@@]2(O)C(O)=C3C(=O)c4c(ccc(Cl)c4O)C(C)C3C(O)C12. The predicted molar refractivity (Wildman–Crippen MR) is 119 cm³/mol. The van der Waals surface area contributed by atoms with E-state index in [4.69, 9.17) is 17.3 Å². The van der Waals surface area contributed by atoms with E-state index in [1.54, 1.807) is 13.8 Å². The van der Waals surface area contributed by atoms with Crippen molar-refractivity contribution in [1.82, 2.24) is 4.90 Å². The molecule has 0 saturated heterocycles. The van der Waals surface area contributed by atoms with E-state index in [0.29, 0.717) is 5.56 Å². The number of rotatable bonds is 3. The minimum absolute atomic E-state index is 0.118. The van der Waals surface area contributed by atoms with Gasteiger partial charge in [0, 0.05) is 11.5 Å². The normalized spacial score (nSPS) is 33.1. The van der Waals surface area contributed by atoms with E-state index in [1.165, 1.54) is 24.1 Å². The molecule has 0 aliphatic heterocycles. The Balaban J connectivity index is 2.06. The van der Waals surface area contributed by atoms with Gasteiger partial charge in [-0.25, -0.2) is 0 Å². The standard InChI is InChI=1S/C23H25ClN2O8/c1-4-26(3)15-14-18(29)10-7(2)8-5-6-9(24)16(27)11(8)17(28)12(10)20(31)23(14,34)21(32)13(19(15)30)22(25)33/h5-7,10,14-15,18,27,29-31,34H,4H2,1-3H3,(H2,25,33)/t7?,10?,14?,15-,18?,23-/m0/s1. The number of phenolic OH excluding ortho intramolecular Hbond substituents is 1. The number of Topliss-reactive ketones (excluding diaryl/α,β-unsaturated/α-hetero) is 2. The second-order valence-electron chi connectivity index (χ2n) is 9.02. The number of aliphatic hydroxyl groups excluding tert-OH is 3. The van der Waals surface area contributed by atoms with Crippen LogP contribution in [0.4, 0.5) is 0 Å². The van der Waals surface area contributed by atoms with Gasteiger partial charge >= 0.3 is 0 Å². The van der Waals surface area contributed by atoms with E-state index in [1.807, 2.05) is 0 Å². The number of benzene rings is 1. The van der Waals surface area contributed by atoms with E-state index in [0.717, 1.165) is 0 Å². The zero-order valence-electron chi connectivity index (χ0n) is 18.6. The Kier molecular flexibility index (Phi) is 5.56. The fourth-order valence-corrected chi connectivity index (χ4v) is 5.87. The molecule has 1 aromatic rings. The number of halogens is 1. The van der Waals surface area contributed by atoms with Crippen LogP contribution in [0.3, 0.4) is 0 Å². The summed E-state index contributed by atoms with van der Waals surface area (Å²) in [6, 6.07) is 1.63. The molecule has 4 rings (SSSR count). The number of fused-ring (bicyclic) bond motifs is 3. The number of likely N-dealkylation sites (N-methyl/N-ethyl adjacent to an activating group) is 1. The number of primary amides is 1. The van der Waals surface area contributed by atoms with Gasteiger partial charge in [-0.1, -0.05) is 31.5 Å². The molecule has 1 aromatic carbocycles. The minimum atomic E-state index is -2.93. The molecule has 7 N–H and O–H groups in total. The molecule has 0 aromatic heterocycles. The highest BCUT2D eigenvalue weighted by Gasteiger charge is 2.67. The Hall–Kier alpha value is -2.92. The van der Waals surface area contributed by atoms with Crippen LogP contribution in [-0.4, -0.2) is 79.2 Å². The van der Waals surface area contributed by atoms with Crippen molar-refractivity contribution in [2.24, 2.45) is 17.6 Å². The maximum absolute atomic E-state index is 13.5. The lowest BCUT2D eigenvalue weighted by Crippen LogP contribution is -2.68. The number of nitrogens with two attached hydrogens (primary N) is 1. The summed E-state index contributed by atoms with van der Waals surface area (Å²) in [4.78, 5) is 40.3. The van der Waals surface area contributed by atoms with Crippen LogP contribution in [0.2, 0.25) is 5.02 Å². The van der Waals surface area contributed by atoms with E-state index in [-0.39, 0.29) is 17.1 Å². The molecule has 0 radical (unpaired) electrons. The molecule has 182 valence electrons. The number of hydrogen-bond acceptors (Lipinski definition) is 9. The summed E-state index contributed by atoms with van der Waals surface area (Å²) in [6.07, 6.45) is -1.62. The number of carbonyl (C=O) groups excluding carboxylic acids is 3. The fourth-order valence-electron chi connectivity index (χ4n) is 5.71. The van der Waals surface area contributed by atoms with Crippen LogP contribution >= 0.6 is 11.6 Å². The summed E-state index contributed by atoms with van der Waals surface area (Å²) >= 11 is 5.98. The molecule has 1 amide bonds. The highest BCUT2D eigenvalue weighted by Crippen LogP contribution is 2.55. The molecule has 4 unspecified atom stereocenters. The van der Waals surface area contributed by atoms with Crippen molar-refractivity contribution in [2.45, 2.75) is 37.5 Å². The van der Waals surface area contributed by atoms with Gasteiger partial charge in [0.1, 0.15) is 22.8 Å². The number of phenols is 1. The van der Waals surface area contributed by atoms with Gasteiger partial charge in [0.05, 0.1) is 28.6 Å². The maximum Gasteiger partial charge on any atom is 0.255 e. The largest absolute Gasteiger partial charge is 0.510 e. The topological polar surface area (TPSA) is 182 Å². The molecular weight excluding hydrogens is 468 g/mol. The molecule has 34 heavy (non-hydrogen) atoms. The average Bonchev–Trinajstić information content (AvgIpc) is 2.77. The smallest absolute Gasteiger partial charge is 0.255 e. The van der Waals surface area contributed by atoms with Gasteiger partial charge < -0.3 is 31.3 Å².